The Kier molecular flexibility index (Phi) is 4.70. The Balaban J connectivity index is 1.36. The van der Waals surface area contributed by atoms with Crippen molar-refractivity contribution in [2.45, 2.75) is 19.3 Å². The molecular weight excluding hydrogens is 510 g/mol. The predicted molar refractivity (Wildman–Crippen MR) is 175 cm³/mol. The largest absolute Gasteiger partial charge is 0.456 e. The van der Waals surface area contributed by atoms with Crippen molar-refractivity contribution < 1.29 is 4.42 Å². The lowest BCUT2D eigenvalue weighted by Crippen LogP contribution is -2.14. The van der Waals surface area contributed by atoms with Crippen LogP contribution >= 0.6 is 0 Å². The summed E-state index contributed by atoms with van der Waals surface area (Å²) in [6, 6.07) is 45.7. The highest BCUT2D eigenvalue weighted by Gasteiger charge is 2.35. The Bertz CT molecular complexity index is 2380. The van der Waals surface area contributed by atoms with Gasteiger partial charge in [-0.1, -0.05) is 105 Å². The molecule has 2 nitrogen and oxygen atoms in total. The molecule has 0 amide bonds. The Morgan fingerprint density at radius 3 is 2.12 bits per heavy atom. The zero-order chi connectivity index (χ0) is 28.0. The molecule has 2 heteroatoms. The van der Waals surface area contributed by atoms with E-state index in [1.54, 1.807) is 0 Å². The molecule has 0 saturated heterocycles. The number of aromatic nitrogens is 1. The smallest absolute Gasteiger partial charge is 0.137 e. The molecule has 198 valence electrons. The quantitative estimate of drug-likeness (QED) is 0.219. The van der Waals surface area contributed by atoms with Gasteiger partial charge in [0.25, 0.3) is 0 Å². The van der Waals surface area contributed by atoms with Crippen LogP contribution in [0.2, 0.25) is 0 Å². The van der Waals surface area contributed by atoms with Crippen LogP contribution in [0.3, 0.4) is 0 Å². The fourth-order valence-electron chi connectivity index (χ4n) is 7.10. The van der Waals surface area contributed by atoms with Gasteiger partial charge in [0.15, 0.2) is 0 Å². The second-order valence-electron chi connectivity index (χ2n) is 12.0. The van der Waals surface area contributed by atoms with Gasteiger partial charge in [-0.05, 0) is 80.6 Å². The summed E-state index contributed by atoms with van der Waals surface area (Å²) < 4.78 is 6.44. The Labute approximate surface area is 243 Å². The monoisotopic (exact) mass is 537 g/mol. The number of pyridine rings is 1. The average molecular weight is 538 g/mol. The van der Waals surface area contributed by atoms with Gasteiger partial charge in [0, 0.05) is 21.8 Å². The standard InChI is InChI=1S/C40H27NO/c1-40(2)33-15-9-8-14-28(33)29-17-16-27(21-34(29)40)35-23-31(24-10-4-3-5-11-24)30-18-19-36-38(39(30)41-35)32-20-25-12-6-7-13-26(25)22-37(32)42-36/h3-23H,1-2H3. The van der Waals surface area contributed by atoms with E-state index in [0.717, 1.165) is 44.1 Å². The molecule has 0 N–H and O–H groups in total. The maximum Gasteiger partial charge on any atom is 0.137 e. The minimum atomic E-state index is -0.0733. The predicted octanol–water partition coefficient (Wildman–Crippen LogP) is 10.9. The van der Waals surface area contributed by atoms with Crippen molar-refractivity contribution >= 4 is 43.6 Å². The molecule has 8 aromatic rings. The summed E-state index contributed by atoms with van der Waals surface area (Å²) in [7, 11) is 0. The summed E-state index contributed by atoms with van der Waals surface area (Å²) in [6.07, 6.45) is 0. The SMILES string of the molecule is CC1(C)c2ccccc2-c2ccc(-c3cc(-c4ccccc4)c4ccc5oc6cc7ccccc7cc6c5c4n3)cc21. The molecule has 6 aromatic carbocycles. The van der Waals surface area contributed by atoms with Crippen LogP contribution < -0.4 is 0 Å². The van der Waals surface area contributed by atoms with E-state index in [4.69, 9.17) is 9.40 Å². The third-order valence-electron chi connectivity index (χ3n) is 9.24. The first kappa shape index (κ1) is 23.5. The van der Waals surface area contributed by atoms with Gasteiger partial charge in [-0.15, -0.1) is 0 Å². The molecule has 42 heavy (non-hydrogen) atoms. The van der Waals surface area contributed by atoms with E-state index in [-0.39, 0.29) is 5.41 Å². The van der Waals surface area contributed by atoms with Gasteiger partial charge in [-0.3, -0.25) is 0 Å². The molecule has 0 radical (unpaired) electrons. The molecule has 0 atom stereocenters. The molecule has 1 aliphatic rings. The zero-order valence-electron chi connectivity index (χ0n) is 23.5. The van der Waals surface area contributed by atoms with E-state index in [0.29, 0.717) is 0 Å². The van der Waals surface area contributed by atoms with E-state index in [1.165, 1.54) is 44.2 Å². The van der Waals surface area contributed by atoms with Gasteiger partial charge in [-0.2, -0.15) is 0 Å². The van der Waals surface area contributed by atoms with Crippen molar-refractivity contribution in [3.8, 4) is 33.5 Å². The molecule has 0 aliphatic heterocycles. The van der Waals surface area contributed by atoms with E-state index in [2.05, 4.69) is 141 Å². The summed E-state index contributed by atoms with van der Waals surface area (Å²) >= 11 is 0. The molecule has 1 aliphatic carbocycles. The number of rotatable bonds is 2. The Morgan fingerprint density at radius 2 is 1.26 bits per heavy atom. The van der Waals surface area contributed by atoms with Crippen LogP contribution in [-0.4, -0.2) is 4.98 Å². The van der Waals surface area contributed by atoms with Crippen LogP contribution in [0.25, 0.3) is 77.1 Å². The van der Waals surface area contributed by atoms with Crippen molar-refractivity contribution in [2.75, 3.05) is 0 Å². The van der Waals surface area contributed by atoms with Gasteiger partial charge < -0.3 is 4.42 Å². The minimum absolute atomic E-state index is 0.0733. The Hall–Kier alpha value is -5.21. The van der Waals surface area contributed by atoms with E-state index in [1.807, 2.05) is 0 Å². The fraction of sp³-hybridized carbons (Fsp3) is 0.0750. The van der Waals surface area contributed by atoms with Gasteiger partial charge in [0.2, 0.25) is 0 Å². The fourth-order valence-corrected chi connectivity index (χ4v) is 7.10. The molecule has 9 rings (SSSR count). The molecule has 0 bridgehead atoms. The first-order valence-corrected chi connectivity index (χ1v) is 14.6. The van der Waals surface area contributed by atoms with Crippen LogP contribution in [0.15, 0.2) is 132 Å². The second kappa shape index (κ2) is 8.41. The topological polar surface area (TPSA) is 26.0 Å². The minimum Gasteiger partial charge on any atom is -0.456 e. The van der Waals surface area contributed by atoms with Gasteiger partial charge >= 0.3 is 0 Å². The van der Waals surface area contributed by atoms with E-state index in [9.17, 15) is 0 Å². The maximum absolute atomic E-state index is 6.44. The second-order valence-corrected chi connectivity index (χ2v) is 12.0. The van der Waals surface area contributed by atoms with Crippen molar-refractivity contribution in [1.29, 1.82) is 0 Å². The van der Waals surface area contributed by atoms with Crippen molar-refractivity contribution in [2.24, 2.45) is 0 Å². The number of hydrogen-bond acceptors (Lipinski definition) is 2. The molecule has 0 unspecified atom stereocenters. The Morgan fingerprint density at radius 1 is 0.524 bits per heavy atom. The summed E-state index contributed by atoms with van der Waals surface area (Å²) in [4.78, 5) is 5.42. The molecule has 0 spiro atoms. The van der Waals surface area contributed by atoms with Crippen LogP contribution in [-0.2, 0) is 5.41 Å². The lowest BCUT2D eigenvalue weighted by Gasteiger charge is -2.22. The summed E-state index contributed by atoms with van der Waals surface area (Å²) in [5.41, 5.74) is 12.5. The third kappa shape index (κ3) is 3.24. The normalized spacial score (nSPS) is 13.7. The number of hydrogen-bond donors (Lipinski definition) is 0. The van der Waals surface area contributed by atoms with Crippen LogP contribution in [0.4, 0.5) is 0 Å². The lowest BCUT2D eigenvalue weighted by atomic mass is 9.82. The molecule has 0 saturated carbocycles. The molecule has 2 heterocycles. The molecular formula is C40H27NO. The maximum atomic E-state index is 6.44. The zero-order valence-corrected chi connectivity index (χ0v) is 23.5. The number of nitrogens with zero attached hydrogens (tertiary/aromatic N) is 1. The first-order chi connectivity index (χ1) is 20.6. The van der Waals surface area contributed by atoms with Gasteiger partial charge in [-0.25, -0.2) is 4.98 Å². The first-order valence-electron chi connectivity index (χ1n) is 14.6. The van der Waals surface area contributed by atoms with Gasteiger partial charge in [0.05, 0.1) is 16.6 Å². The number of furan rings is 1. The van der Waals surface area contributed by atoms with Crippen molar-refractivity contribution in [1.82, 2.24) is 4.98 Å². The molecule has 0 fully saturated rings. The van der Waals surface area contributed by atoms with Gasteiger partial charge in [0.1, 0.15) is 11.2 Å². The van der Waals surface area contributed by atoms with Crippen molar-refractivity contribution in [3.05, 3.63) is 139 Å². The summed E-state index contributed by atoms with van der Waals surface area (Å²) in [5.74, 6) is 0. The highest BCUT2D eigenvalue weighted by Crippen LogP contribution is 2.50. The average Bonchev–Trinajstić information content (AvgIpc) is 3.51. The van der Waals surface area contributed by atoms with E-state index < -0.39 is 0 Å². The lowest BCUT2D eigenvalue weighted by molar-refractivity contribution is 0.660. The highest BCUT2D eigenvalue weighted by molar-refractivity contribution is 6.21. The van der Waals surface area contributed by atoms with Crippen LogP contribution in [0.5, 0.6) is 0 Å². The van der Waals surface area contributed by atoms with E-state index >= 15 is 0 Å². The number of fused-ring (bicyclic) bond motifs is 9. The summed E-state index contributed by atoms with van der Waals surface area (Å²) in [6.45, 7) is 4.66. The molecule has 2 aromatic heterocycles. The highest BCUT2D eigenvalue weighted by atomic mass is 16.3. The summed E-state index contributed by atoms with van der Waals surface area (Å²) in [5, 5.41) is 5.67. The third-order valence-corrected chi connectivity index (χ3v) is 9.24. The van der Waals surface area contributed by atoms with Crippen LogP contribution in [0, 0.1) is 0 Å². The van der Waals surface area contributed by atoms with Crippen molar-refractivity contribution in [3.63, 3.8) is 0 Å². The number of benzene rings is 6. The van der Waals surface area contributed by atoms with Crippen LogP contribution in [0.1, 0.15) is 25.0 Å².